The minimum atomic E-state index is 0.150. The van der Waals surface area contributed by atoms with Crippen molar-refractivity contribution in [3.05, 3.63) is 71.1 Å². The number of nitrogens with zero attached hydrogens (tertiary/aromatic N) is 3. The van der Waals surface area contributed by atoms with Crippen molar-refractivity contribution in [3.63, 3.8) is 0 Å². The first kappa shape index (κ1) is 21.1. The van der Waals surface area contributed by atoms with E-state index < -0.39 is 0 Å². The number of hydrogen-bond acceptors (Lipinski definition) is 4. The van der Waals surface area contributed by atoms with Gasteiger partial charge in [-0.1, -0.05) is 73.1 Å². The van der Waals surface area contributed by atoms with Gasteiger partial charge >= 0.3 is 0 Å². The van der Waals surface area contributed by atoms with E-state index in [-0.39, 0.29) is 5.91 Å². The van der Waals surface area contributed by atoms with Crippen molar-refractivity contribution in [1.29, 1.82) is 0 Å². The van der Waals surface area contributed by atoms with E-state index >= 15 is 0 Å². The van der Waals surface area contributed by atoms with Crippen LogP contribution in [-0.4, -0.2) is 34.0 Å². The Kier molecular flexibility index (Phi) is 7.42. The zero-order valence-electron chi connectivity index (χ0n) is 16.8. The number of benzene rings is 2. The van der Waals surface area contributed by atoms with Crippen molar-refractivity contribution >= 4 is 17.5 Å². The molecule has 152 valence electrons. The predicted octanol–water partition coefficient (Wildman–Crippen LogP) is 5.05. The largest absolute Gasteiger partial charge is 0.342 e. The van der Waals surface area contributed by atoms with Crippen LogP contribution in [0.1, 0.15) is 31.7 Å². The molecule has 5 nitrogen and oxygen atoms in total. The average molecular weight is 412 g/mol. The topological polar surface area (TPSA) is 59.2 Å². The lowest BCUT2D eigenvalue weighted by Crippen LogP contribution is -2.36. The number of amides is 1. The van der Waals surface area contributed by atoms with E-state index in [9.17, 15) is 4.79 Å². The van der Waals surface area contributed by atoms with Gasteiger partial charge in [0, 0.05) is 36.5 Å². The summed E-state index contributed by atoms with van der Waals surface area (Å²) in [6, 6.07) is 17.4. The molecule has 2 aromatic carbocycles. The Morgan fingerprint density at radius 2 is 1.90 bits per heavy atom. The Bertz CT molecular complexity index is 925. The number of carbonyl (C=O) groups excluding carboxylic acids is 1. The van der Waals surface area contributed by atoms with Crippen molar-refractivity contribution in [2.75, 3.05) is 13.1 Å². The summed E-state index contributed by atoms with van der Waals surface area (Å²) in [6.45, 7) is 5.49. The monoisotopic (exact) mass is 411 g/mol. The summed E-state index contributed by atoms with van der Waals surface area (Å²) in [7, 11) is 0. The van der Waals surface area contributed by atoms with Crippen LogP contribution in [0, 0.1) is 5.92 Å². The molecular formula is C23H26ClN3O2. The normalized spacial score (nSPS) is 11.0. The van der Waals surface area contributed by atoms with Gasteiger partial charge in [0.05, 0.1) is 0 Å². The van der Waals surface area contributed by atoms with Crippen molar-refractivity contribution in [2.45, 2.75) is 33.1 Å². The summed E-state index contributed by atoms with van der Waals surface area (Å²) in [5.41, 5.74) is 1.99. The minimum Gasteiger partial charge on any atom is -0.342 e. The van der Waals surface area contributed by atoms with Gasteiger partial charge < -0.3 is 9.42 Å². The van der Waals surface area contributed by atoms with Crippen molar-refractivity contribution in [1.82, 2.24) is 15.0 Å². The van der Waals surface area contributed by atoms with E-state index in [0.717, 1.165) is 12.0 Å². The Hall–Kier alpha value is -2.66. The Labute approximate surface area is 176 Å². The zero-order chi connectivity index (χ0) is 20.6. The minimum absolute atomic E-state index is 0.150. The molecule has 0 unspecified atom stereocenters. The van der Waals surface area contributed by atoms with Crippen molar-refractivity contribution in [3.8, 4) is 11.4 Å². The molecule has 0 aliphatic heterocycles. The molecule has 0 aliphatic rings. The summed E-state index contributed by atoms with van der Waals surface area (Å²) in [5, 5.41) is 4.66. The number of carbonyl (C=O) groups is 1. The average Bonchev–Trinajstić information content (AvgIpc) is 3.19. The first-order chi connectivity index (χ1) is 14.0. The summed E-state index contributed by atoms with van der Waals surface area (Å²) < 4.78 is 5.38. The molecule has 0 bridgehead atoms. The Morgan fingerprint density at radius 1 is 1.10 bits per heavy atom. The fourth-order valence-electron chi connectivity index (χ4n) is 3.14. The molecule has 0 aliphatic carbocycles. The van der Waals surface area contributed by atoms with E-state index in [1.54, 1.807) is 12.1 Å². The number of rotatable bonds is 9. The van der Waals surface area contributed by atoms with Gasteiger partial charge in [0.25, 0.3) is 0 Å². The van der Waals surface area contributed by atoms with E-state index in [4.69, 9.17) is 16.1 Å². The van der Waals surface area contributed by atoms with Gasteiger partial charge in [-0.3, -0.25) is 4.79 Å². The van der Waals surface area contributed by atoms with Crippen molar-refractivity contribution in [2.24, 2.45) is 5.92 Å². The maximum absolute atomic E-state index is 12.8. The third-order valence-corrected chi connectivity index (χ3v) is 4.79. The Balaban J connectivity index is 1.59. The fourth-order valence-corrected chi connectivity index (χ4v) is 3.33. The number of aromatic nitrogens is 2. The van der Waals surface area contributed by atoms with Gasteiger partial charge in [-0.15, -0.1) is 0 Å². The lowest BCUT2D eigenvalue weighted by Gasteiger charge is -2.24. The molecule has 0 fully saturated rings. The highest BCUT2D eigenvalue weighted by Crippen LogP contribution is 2.20. The SMILES string of the molecule is CC(C)CN(CCc1nc(-c2cccc(Cl)c2)no1)C(=O)CCc1ccccc1. The molecule has 0 atom stereocenters. The van der Waals surface area contributed by atoms with Crippen molar-refractivity contribution < 1.29 is 9.32 Å². The van der Waals surface area contributed by atoms with Gasteiger partial charge in [-0.25, -0.2) is 0 Å². The smallest absolute Gasteiger partial charge is 0.228 e. The molecule has 0 N–H and O–H groups in total. The van der Waals surface area contributed by atoms with Gasteiger partial charge in [0.2, 0.25) is 17.6 Å². The molecule has 3 aromatic rings. The van der Waals surface area contributed by atoms with Crippen LogP contribution in [0.2, 0.25) is 5.02 Å². The molecule has 29 heavy (non-hydrogen) atoms. The molecule has 0 spiro atoms. The second-order valence-electron chi connectivity index (χ2n) is 7.49. The lowest BCUT2D eigenvalue weighted by molar-refractivity contribution is -0.131. The molecule has 1 aromatic heterocycles. The maximum Gasteiger partial charge on any atom is 0.228 e. The third kappa shape index (κ3) is 6.43. The van der Waals surface area contributed by atoms with Gasteiger partial charge in [-0.05, 0) is 30.0 Å². The lowest BCUT2D eigenvalue weighted by atomic mass is 10.1. The number of hydrogen-bond donors (Lipinski definition) is 0. The molecule has 0 saturated carbocycles. The standard InChI is InChI=1S/C23H26ClN3O2/c1-17(2)16-27(22(28)12-11-18-7-4-3-5-8-18)14-13-21-25-23(26-29-21)19-9-6-10-20(24)15-19/h3-10,15,17H,11-14,16H2,1-2H3. The summed E-state index contributed by atoms with van der Waals surface area (Å²) in [6.07, 6.45) is 1.76. The van der Waals surface area contributed by atoms with E-state index in [1.807, 2.05) is 35.2 Å². The summed E-state index contributed by atoms with van der Waals surface area (Å²) in [5.74, 6) is 1.57. The van der Waals surface area contributed by atoms with Crippen LogP contribution in [0.5, 0.6) is 0 Å². The highest BCUT2D eigenvalue weighted by Gasteiger charge is 2.17. The first-order valence-corrected chi connectivity index (χ1v) is 10.3. The molecule has 1 amide bonds. The predicted molar refractivity (Wildman–Crippen MR) is 115 cm³/mol. The molecule has 6 heteroatoms. The Morgan fingerprint density at radius 3 is 2.62 bits per heavy atom. The highest BCUT2D eigenvalue weighted by molar-refractivity contribution is 6.30. The van der Waals surface area contributed by atoms with Crippen LogP contribution in [0.15, 0.2) is 59.1 Å². The second-order valence-corrected chi connectivity index (χ2v) is 7.93. The second kappa shape index (κ2) is 10.2. The molecule has 3 rings (SSSR count). The zero-order valence-corrected chi connectivity index (χ0v) is 17.6. The summed E-state index contributed by atoms with van der Waals surface area (Å²) >= 11 is 6.03. The quantitative estimate of drug-likeness (QED) is 0.494. The van der Waals surface area contributed by atoms with Crippen LogP contribution < -0.4 is 0 Å². The first-order valence-electron chi connectivity index (χ1n) is 9.91. The van der Waals surface area contributed by atoms with Gasteiger partial charge in [0.15, 0.2) is 0 Å². The fraction of sp³-hybridized carbons (Fsp3) is 0.348. The van der Waals surface area contributed by atoms with Crippen LogP contribution >= 0.6 is 11.6 Å². The molecular weight excluding hydrogens is 386 g/mol. The number of aryl methyl sites for hydroxylation is 1. The maximum atomic E-state index is 12.8. The highest BCUT2D eigenvalue weighted by atomic mass is 35.5. The van der Waals surface area contributed by atoms with Crippen LogP contribution in [0.4, 0.5) is 0 Å². The molecule has 0 saturated heterocycles. The molecule has 1 heterocycles. The van der Waals surface area contributed by atoms with E-state index in [2.05, 4.69) is 36.1 Å². The summed E-state index contributed by atoms with van der Waals surface area (Å²) in [4.78, 5) is 19.1. The van der Waals surface area contributed by atoms with E-state index in [1.165, 1.54) is 5.56 Å². The van der Waals surface area contributed by atoms with Crippen LogP contribution in [0.25, 0.3) is 11.4 Å². The van der Waals surface area contributed by atoms with Crippen LogP contribution in [0.3, 0.4) is 0 Å². The number of halogens is 1. The van der Waals surface area contributed by atoms with Gasteiger partial charge in [-0.2, -0.15) is 4.98 Å². The molecule has 0 radical (unpaired) electrons. The van der Waals surface area contributed by atoms with E-state index in [0.29, 0.717) is 48.6 Å². The van der Waals surface area contributed by atoms with Gasteiger partial charge in [0.1, 0.15) is 0 Å². The third-order valence-electron chi connectivity index (χ3n) is 4.56. The van der Waals surface area contributed by atoms with Crippen LogP contribution in [-0.2, 0) is 17.6 Å².